The Hall–Kier alpha value is -2.82. The van der Waals surface area contributed by atoms with Gasteiger partial charge in [-0.15, -0.1) is 0 Å². The molecule has 3 aromatic rings. The molecule has 3 heterocycles. The predicted molar refractivity (Wildman–Crippen MR) is 87.7 cm³/mol. The number of hydrogen-bond acceptors (Lipinski definition) is 4. The number of ether oxygens (including phenoxy) is 2. The Balaban J connectivity index is 2.09. The molecular weight excluding hydrogens is 292 g/mol. The van der Waals surface area contributed by atoms with Gasteiger partial charge in [0.05, 0.1) is 23.7 Å². The third kappa shape index (κ3) is 2.08. The lowest BCUT2D eigenvalue weighted by Crippen LogP contribution is -2.22. The zero-order valence-corrected chi connectivity index (χ0v) is 12.9. The summed E-state index contributed by atoms with van der Waals surface area (Å²) in [6, 6.07) is 11.2. The van der Waals surface area contributed by atoms with Crippen LogP contribution in [0.2, 0.25) is 0 Å². The molecule has 1 aromatic carbocycles. The molecule has 1 unspecified atom stereocenters. The Morgan fingerprint density at radius 1 is 1.30 bits per heavy atom. The predicted octanol–water partition coefficient (Wildman–Crippen LogP) is 2.72. The smallest absolute Gasteiger partial charge is 0.263 e. The minimum Gasteiger partial charge on any atom is -0.497 e. The van der Waals surface area contributed by atoms with E-state index in [1.54, 1.807) is 17.9 Å². The molecule has 0 bridgehead atoms. The molecule has 2 aromatic heterocycles. The fourth-order valence-electron chi connectivity index (χ4n) is 3.08. The monoisotopic (exact) mass is 308 g/mol. The number of aromatic nitrogens is 2. The van der Waals surface area contributed by atoms with Gasteiger partial charge in [0.15, 0.2) is 5.65 Å². The molecule has 0 fully saturated rings. The Morgan fingerprint density at radius 3 is 3.00 bits per heavy atom. The van der Waals surface area contributed by atoms with Crippen molar-refractivity contribution >= 4 is 11.0 Å². The molecule has 0 N–H and O–H groups in total. The van der Waals surface area contributed by atoms with Crippen LogP contribution in [0, 0.1) is 0 Å². The summed E-state index contributed by atoms with van der Waals surface area (Å²) < 4.78 is 12.8. The van der Waals surface area contributed by atoms with E-state index < -0.39 is 0 Å². The summed E-state index contributed by atoms with van der Waals surface area (Å²) >= 11 is 0. The molecule has 0 saturated carbocycles. The van der Waals surface area contributed by atoms with Crippen LogP contribution >= 0.6 is 0 Å². The van der Waals surface area contributed by atoms with Crippen molar-refractivity contribution in [1.29, 1.82) is 0 Å². The van der Waals surface area contributed by atoms with Crippen molar-refractivity contribution in [2.24, 2.45) is 0 Å². The van der Waals surface area contributed by atoms with Gasteiger partial charge in [0.1, 0.15) is 17.6 Å². The Kier molecular flexibility index (Phi) is 3.08. The maximum absolute atomic E-state index is 13.0. The number of methoxy groups -OCH3 is 1. The molecule has 0 amide bonds. The largest absolute Gasteiger partial charge is 0.497 e. The lowest BCUT2D eigenvalue weighted by Gasteiger charge is -2.13. The molecule has 5 heteroatoms. The summed E-state index contributed by atoms with van der Waals surface area (Å²) in [5.74, 6) is 1.37. The maximum Gasteiger partial charge on any atom is 0.263 e. The molecule has 0 radical (unpaired) electrons. The zero-order valence-electron chi connectivity index (χ0n) is 12.9. The highest BCUT2D eigenvalue weighted by Gasteiger charge is 2.27. The Labute approximate surface area is 133 Å². The third-order valence-electron chi connectivity index (χ3n) is 4.10. The Morgan fingerprint density at radius 2 is 2.17 bits per heavy atom. The number of nitrogens with zero attached hydrogens (tertiary/aromatic N) is 2. The first-order chi connectivity index (χ1) is 11.2. The van der Waals surface area contributed by atoms with Crippen molar-refractivity contribution in [1.82, 2.24) is 9.55 Å². The highest BCUT2D eigenvalue weighted by Crippen LogP contribution is 2.34. The number of pyridine rings is 2. The van der Waals surface area contributed by atoms with E-state index in [4.69, 9.17) is 9.47 Å². The summed E-state index contributed by atoms with van der Waals surface area (Å²) in [7, 11) is 1.61. The average molecular weight is 308 g/mol. The highest BCUT2D eigenvalue weighted by molar-refractivity contribution is 5.85. The van der Waals surface area contributed by atoms with Gasteiger partial charge in [0.2, 0.25) is 0 Å². The van der Waals surface area contributed by atoms with Gasteiger partial charge >= 0.3 is 0 Å². The SMILES string of the molecule is COc1cccc(-n2c(=O)c3c(c4cccnc42)OC(C)C3)c1. The van der Waals surface area contributed by atoms with Crippen molar-refractivity contribution in [2.45, 2.75) is 19.4 Å². The van der Waals surface area contributed by atoms with Crippen molar-refractivity contribution in [2.75, 3.05) is 7.11 Å². The van der Waals surface area contributed by atoms with Crippen molar-refractivity contribution < 1.29 is 9.47 Å². The second kappa shape index (κ2) is 5.12. The molecule has 1 aliphatic rings. The first kappa shape index (κ1) is 13.8. The fraction of sp³-hybridized carbons (Fsp3) is 0.222. The quantitative estimate of drug-likeness (QED) is 0.730. The highest BCUT2D eigenvalue weighted by atomic mass is 16.5. The van der Waals surface area contributed by atoms with Crippen LogP contribution in [0.4, 0.5) is 0 Å². The lowest BCUT2D eigenvalue weighted by molar-refractivity contribution is 0.257. The molecular formula is C18H16N2O3. The summed E-state index contributed by atoms with van der Waals surface area (Å²) in [4.78, 5) is 17.4. The van der Waals surface area contributed by atoms with Gasteiger partial charge in [-0.05, 0) is 31.2 Å². The molecule has 23 heavy (non-hydrogen) atoms. The van der Waals surface area contributed by atoms with E-state index in [1.807, 2.05) is 43.3 Å². The van der Waals surface area contributed by atoms with Gasteiger partial charge < -0.3 is 9.47 Å². The van der Waals surface area contributed by atoms with E-state index in [0.29, 0.717) is 29.1 Å². The van der Waals surface area contributed by atoms with Crippen molar-refractivity contribution in [3.05, 3.63) is 58.5 Å². The molecule has 116 valence electrons. The van der Waals surface area contributed by atoms with Gasteiger partial charge in [0.25, 0.3) is 5.56 Å². The van der Waals surface area contributed by atoms with E-state index in [-0.39, 0.29) is 11.7 Å². The zero-order chi connectivity index (χ0) is 16.0. The van der Waals surface area contributed by atoms with Crippen LogP contribution in [0.5, 0.6) is 11.5 Å². The van der Waals surface area contributed by atoms with Crippen molar-refractivity contribution in [3.8, 4) is 17.2 Å². The molecule has 1 aliphatic heterocycles. The number of rotatable bonds is 2. The molecule has 4 rings (SSSR count). The molecule has 5 nitrogen and oxygen atoms in total. The van der Waals surface area contributed by atoms with E-state index in [2.05, 4.69) is 4.98 Å². The standard InChI is InChI=1S/C18H16N2O3/c1-11-9-15-16(23-11)14-7-4-8-19-17(14)20(18(15)21)12-5-3-6-13(10-12)22-2/h3-8,10-11H,9H2,1-2H3. The van der Waals surface area contributed by atoms with Gasteiger partial charge in [-0.3, -0.25) is 9.36 Å². The van der Waals surface area contributed by atoms with Gasteiger partial charge in [-0.2, -0.15) is 0 Å². The number of hydrogen-bond donors (Lipinski definition) is 0. The van der Waals surface area contributed by atoms with Crippen LogP contribution in [0.25, 0.3) is 16.7 Å². The average Bonchev–Trinajstić information content (AvgIpc) is 2.98. The molecule has 0 spiro atoms. The normalized spacial score (nSPS) is 16.2. The van der Waals surface area contributed by atoms with Crippen molar-refractivity contribution in [3.63, 3.8) is 0 Å². The first-order valence-corrected chi connectivity index (χ1v) is 7.52. The lowest BCUT2D eigenvalue weighted by atomic mass is 10.1. The summed E-state index contributed by atoms with van der Waals surface area (Å²) in [5, 5.41) is 0.856. The molecule has 0 saturated heterocycles. The van der Waals surface area contributed by atoms with E-state index in [1.165, 1.54) is 0 Å². The van der Waals surface area contributed by atoms with E-state index in [9.17, 15) is 4.79 Å². The number of fused-ring (bicyclic) bond motifs is 3. The van der Waals surface area contributed by atoms with Crippen LogP contribution in [-0.2, 0) is 6.42 Å². The van der Waals surface area contributed by atoms with Crippen LogP contribution in [0.1, 0.15) is 12.5 Å². The second-order valence-corrected chi connectivity index (χ2v) is 5.66. The third-order valence-corrected chi connectivity index (χ3v) is 4.10. The number of benzene rings is 1. The maximum atomic E-state index is 13.0. The minimum absolute atomic E-state index is 0.00210. The second-order valence-electron chi connectivity index (χ2n) is 5.66. The fourth-order valence-corrected chi connectivity index (χ4v) is 3.08. The van der Waals surface area contributed by atoms with E-state index >= 15 is 0 Å². The van der Waals surface area contributed by atoms with Crippen LogP contribution in [0.3, 0.4) is 0 Å². The van der Waals surface area contributed by atoms with Crippen LogP contribution < -0.4 is 15.0 Å². The van der Waals surface area contributed by atoms with Crippen LogP contribution in [-0.4, -0.2) is 22.8 Å². The van der Waals surface area contributed by atoms with Gasteiger partial charge in [0, 0.05) is 18.7 Å². The van der Waals surface area contributed by atoms with Gasteiger partial charge in [-0.25, -0.2) is 4.98 Å². The molecule has 1 atom stereocenters. The summed E-state index contributed by atoms with van der Waals surface area (Å²) in [5.41, 5.74) is 1.96. The van der Waals surface area contributed by atoms with Crippen LogP contribution in [0.15, 0.2) is 47.4 Å². The van der Waals surface area contributed by atoms with Gasteiger partial charge in [-0.1, -0.05) is 6.07 Å². The topological polar surface area (TPSA) is 53.4 Å². The Bertz CT molecular complexity index is 962. The first-order valence-electron chi connectivity index (χ1n) is 7.52. The molecule has 0 aliphatic carbocycles. The summed E-state index contributed by atoms with van der Waals surface area (Å²) in [6.45, 7) is 1.97. The minimum atomic E-state index is -0.0798. The van der Waals surface area contributed by atoms with E-state index in [0.717, 1.165) is 11.1 Å². The summed E-state index contributed by atoms with van der Waals surface area (Å²) in [6.07, 6.45) is 2.30.